The summed E-state index contributed by atoms with van der Waals surface area (Å²) in [6.07, 6.45) is 7.77. The lowest BCUT2D eigenvalue weighted by Gasteiger charge is -2.04. The molecule has 1 rings (SSSR count). The minimum absolute atomic E-state index is 0.124. The largest absolute Gasteiger partial charge is 0.507 e. The van der Waals surface area contributed by atoms with Gasteiger partial charge in [-0.25, -0.2) is 0 Å². The van der Waals surface area contributed by atoms with Gasteiger partial charge in [0, 0.05) is 11.1 Å². The Bertz CT molecular complexity index is 556. The number of aliphatic hydroxyl groups is 2. The third kappa shape index (κ3) is 5.86. The van der Waals surface area contributed by atoms with Crippen molar-refractivity contribution in [3.8, 4) is 0 Å². The molecule has 122 valence electrons. The number of aliphatic hydroxyl groups excluding tert-OH is 2. The third-order valence-electron chi connectivity index (χ3n) is 3.91. The van der Waals surface area contributed by atoms with Crippen LogP contribution in [0.1, 0.15) is 53.4 Å². The summed E-state index contributed by atoms with van der Waals surface area (Å²) < 4.78 is 0. The predicted octanol–water partition coefficient (Wildman–Crippen LogP) is 5.72. The highest BCUT2D eigenvalue weighted by atomic mass is 35.5. The van der Waals surface area contributed by atoms with Crippen LogP contribution in [0.25, 0.3) is 0 Å². The van der Waals surface area contributed by atoms with Gasteiger partial charge in [-0.05, 0) is 64.5 Å². The molecule has 0 radical (unpaired) electrons. The van der Waals surface area contributed by atoms with E-state index in [2.05, 4.69) is 32.9 Å². The molecule has 0 unspecified atom stereocenters. The van der Waals surface area contributed by atoms with E-state index in [4.69, 9.17) is 16.7 Å². The van der Waals surface area contributed by atoms with Crippen molar-refractivity contribution in [1.82, 2.24) is 0 Å². The van der Waals surface area contributed by atoms with E-state index in [9.17, 15) is 5.11 Å². The molecule has 3 heteroatoms. The normalized spacial score (nSPS) is 18.6. The third-order valence-corrected chi connectivity index (χ3v) is 4.12. The van der Waals surface area contributed by atoms with Crippen molar-refractivity contribution in [3.63, 3.8) is 0 Å². The zero-order valence-corrected chi connectivity index (χ0v) is 14.8. The Balaban J connectivity index is 2.74. The Labute approximate surface area is 139 Å². The van der Waals surface area contributed by atoms with Crippen molar-refractivity contribution in [2.75, 3.05) is 6.61 Å². The minimum atomic E-state index is 0.124. The second-order valence-corrected chi connectivity index (χ2v) is 6.33. The molecule has 2 N–H and O–H groups in total. The maximum atomic E-state index is 10.0. The molecule has 0 aliphatic heterocycles. The Morgan fingerprint density at radius 2 is 1.77 bits per heavy atom. The van der Waals surface area contributed by atoms with E-state index in [1.54, 1.807) is 0 Å². The van der Waals surface area contributed by atoms with Crippen LogP contribution >= 0.6 is 11.6 Å². The number of hydrogen-bond acceptors (Lipinski definition) is 2. The standard InChI is InChI=1S/C19H27ClO2/c1-13(2)17-10-18(17)16(19(22)11-20)9-8-14(3)6-5-7-15(4)12-21/h7-8,11,21-22H,5-6,9-10,12H2,1-4H3/b14-8+,15-7+,18-16-,19-11-. The van der Waals surface area contributed by atoms with Crippen LogP contribution < -0.4 is 0 Å². The summed E-state index contributed by atoms with van der Waals surface area (Å²) in [5.74, 6) is 0.174. The molecule has 22 heavy (non-hydrogen) atoms. The van der Waals surface area contributed by atoms with Crippen LogP contribution in [0, 0.1) is 0 Å². The van der Waals surface area contributed by atoms with Crippen LogP contribution in [0.15, 0.2) is 56.9 Å². The van der Waals surface area contributed by atoms with Gasteiger partial charge in [0.05, 0.1) is 6.61 Å². The van der Waals surface area contributed by atoms with Crippen molar-refractivity contribution in [1.29, 1.82) is 0 Å². The molecule has 1 fully saturated rings. The molecule has 0 aromatic carbocycles. The maximum Gasteiger partial charge on any atom is 0.130 e. The van der Waals surface area contributed by atoms with Gasteiger partial charge in [-0.1, -0.05) is 40.5 Å². The molecule has 0 spiro atoms. The van der Waals surface area contributed by atoms with Gasteiger partial charge in [-0.2, -0.15) is 0 Å². The lowest BCUT2D eigenvalue weighted by Crippen LogP contribution is -1.89. The Morgan fingerprint density at radius 1 is 1.09 bits per heavy atom. The SMILES string of the molecule is CC(C)=C1C/C1=C(C/C=C(\C)CC/C=C(\C)CO)/C(O)=C/Cl. The van der Waals surface area contributed by atoms with Gasteiger partial charge in [0.15, 0.2) is 0 Å². The summed E-state index contributed by atoms with van der Waals surface area (Å²) in [6, 6.07) is 0. The van der Waals surface area contributed by atoms with Crippen LogP contribution in [0.4, 0.5) is 0 Å². The fourth-order valence-electron chi connectivity index (χ4n) is 2.34. The second kappa shape index (κ2) is 9.02. The van der Waals surface area contributed by atoms with E-state index in [0.717, 1.165) is 30.4 Å². The van der Waals surface area contributed by atoms with E-state index in [1.165, 1.54) is 27.8 Å². The quantitative estimate of drug-likeness (QED) is 0.465. The molecular weight excluding hydrogens is 296 g/mol. The number of allylic oxidation sites excluding steroid dienone is 7. The topological polar surface area (TPSA) is 40.5 Å². The summed E-state index contributed by atoms with van der Waals surface area (Å²) in [7, 11) is 0. The molecule has 0 bridgehead atoms. The highest BCUT2D eigenvalue weighted by Crippen LogP contribution is 2.44. The summed E-state index contributed by atoms with van der Waals surface area (Å²) in [5, 5.41) is 19.0. The fraction of sp³-hybridized carbons (Fsp3) is 0.474. The van der Waals surface area contributed by atoms with Gasteiger partial charge in [-0.3, -0.25) is 0 Å². The Kier molecular flexibility index (Phi) is 7.70. The lowest BCUT2D eigenvalue weighted by atomic mass is 10.0. The van der Waals surface area contributed by atoms with E-state index >= 15 is 0 Å². The van der Waals surface area contributed by atoms with Crippen molar-refractivity contribution in [2.24, 2.45) is 0 Å². The van der Waals surface area contributed by atoms with E-state index < -0.39 is 0 Å². The average molecular weight is 323 g/mol. The van der Waals surface area contributed by atoms with Crippen LogP contribution in [0.5, 0.6) is 0 Å². The Morgan fingerprint density at radius 3 is 2.27 bits per heavy atom. The summed E-state index contributed by atoms with van der Waals surface area (Å²) >= 11 is 5.68. The van der Waals surface area contributed by atoms with Gasteiger partial charge in [0.1, 0.15) is 5.76 Å². The summed E-state index contributed by atoms with van der Waals surface area (Å²) in [5.41, 5.74) is 8.35. The number of hydrogen-bond donors (Lipinski definition) is 2. The van der Waals surface area contributed by atoms with Crippen LogP contribution in [-0.2, 0) is 0 Å². The van der Waals surface area contributed by atoms with E-state index in [-0.39, 0.29) is 12.4 Å². The first kappa shape index (κ1) is 18.8. The van der Waals surface area contributed by atoms with Crippen LogP contribution in [-0.4, -0.2) is 16.8 Å². The number of rotatable bonds is 7. The first-order valence-electron chi connectivity index (χ1n) is 7.71. The number of halogens is 1. The van der Waals surface area contributed by atoms with Gasteiger partial charge in [0.2, 0.25) is 0 Å². The smallest absolute Gasteiger partial charge is 0.130 e. The first-order valence-corrected chi connectivity index (χ1v) is 8.14. The highest BCUT2D eigenvalue weighted by molar-refractivity contribution is 6.25. The predicted molar refractivity (Wildman–Crippen MR) is 95.0 cm³/mol. The summed E-state index contributed by atoms with van der Waals surface area (Å²) in [4.78, 5) is 0. The van der Waals surface area contributed by atoms with Crippen molar-refractivity contribution in [3.05, 3.63) is 56.9 Å². The molecule has 0 amide bonds. The Hall–Kier alpha value is -1.25. The monoisotopic (exact) mass is 322 g/mol. The highest BCUT2D eigenvalue weighted by Gasteiger charge is 2.27. The van der Waals surface area contributed by atoms with Gasteiger partial charge >= 0.3 is 0 Å². The molecule has 0 heterocycles. The molecule has 0 atom stereocenters. The molecular formula is C19H27ClO2. The zero-order valence-electron chi connectivity index (χ0n) is 14.0. The molecule has 0 aromatic heterocycles. The zero-order chi connectivity index (χ0) is 16.7. The van der Waals surface area contributed by atoms with Gasteiger partial charge in [0.25, 0.3) is 0 Å². The molecule has 2 nitrogen and oxygen atoms in total. The second-order valence-electron chi connectivity index (χ2n) is 6.11. The molecule has 1 aliphatic carbocycles. The van der Waals surface area contributed by atoms with Crippen molar-refractivity contribution >= 4 is 11.6 Å². The minimum Gasteiger partial charge on any atom is -0.507 e. The maximum absolute atomic E-state index is 10.0. The van der Waals surface area contributed by atoms with E-state index in [0.29, 0.717) is 6.42 Å². The van der Waals surface area contributed by atoms with Crippen LogP contribution in [0.2, 0.25) is 0 Å². The summed E-state index contributed by atoms with van der Waals surface area (Å²) in [6.45, 7) is 8.34. The van der Waals surface area contributed by atoms with Crippen molar-refractivity contribution in [2.45, 2.75) is 53.4 Å². The molecule has 1 aliphatic rings. The fourth-order valence-corrected chi connectivity index (χ4v) is 2.47. The molecule has 0 saturated heterocycles. The van der Waals surface area contributed by atoms with Gasteiger partial charge in [-0.15, -0.1) is 0 Å². The van der Waals surface area contributed by atoms with Crippen LogP contribution in [0.3, 0.4) is 0 Å². The molecule has 1 saturated carbocycles. The molecule has 0 aromatic rings. The van der Waals surface area contributed by atoms with Crippen molar-refractivity contribution < 1.29 is 10.2 Å². The van der Waals surface area contributed by atoms with E-state index in [1.807, 2.05) is 6.92 Å². The first-order chi connectivity index (χ1) is 10.4. The average Bonchev–Trinajstić information content (AvgIpc) is 3.27. The lowest BCUT2D eigenvalue weighted by molar-refractivity contribution is 0.331. The van der Waals surface area contributed by atoms with Gasteiger partial charge < -0.3 is 10.2 Å².